The van der Waals surface area contributed by atoms with Crippen LogP contribution in [0.25, 0.3) is 0 Å². The first kappa shape index (κ1) is 17.3. The zero-order valence-electron chi connectivity index (χ0n) is 6.41. The van der Waals surface area contributed by atoms with Gasteiger partial charge in [0.25, 0.3) is 0 Å². The standard InChI is InChI=1S/C3H4O4.C3H5.K/c4-2(5)1-3(6)7;1-3-2;/h1H2,(H,4,5)(H,6,7);3H,1-2H2;/q;-1;+1. The number of carboxylic acid groups (broad SMARTS) is 2. The minimum atomic E-state index is -1.31. The molecule has 0 fully saturated rings. The fraction of sp³-hybridized carbons (Fsp3) is 0.167. The van der Waals surface area contributed by atoms with Gasteiger partial charge in [-0.05, 0) is 0 Å². The molecule has 0 aromatic heterocycles. The molecule has 5 heteroatoms. The van der Waals surface area contributed by atoms with Crippen LogP contribution in [0.5, 0.6) is 0 Å². The average molecular weight is 184 g/mol. The first-order valence-electron chi connectivity index (χ1n) is 2.38. The molecule has 0 saturated heterocycles. The molecule has 0 saturated carbocycles. The first-order valence-corrected chi connectivity index (χ1v) is 2.38. The number of aliphatic carboxylic acids is 2. The average Bonchev–Trinajstić information content (AvgIpc) is 1.62. The SMILES string of the molecule is C=C[CH2-].O=C(O)CC(=O)O.[K+]. The van der Waals surface area contributed by atoms with Gasteiger partial charge in [0.1, 0.15) is 6.42 Å². The Morgan fingerprint density at radius 1 is 1.36 bits per heavy atom. The summed E-state index contributed by atoms with van der Waals surface area (Å²) in [5, 5.41) is 15.4. The van der Waals surface area contributed by atoms with E-state index in [-0.39, 0.29) is 51.4 Å². The van der Waals surface area contributed by atoms with Crippen LogP contribution in [-0.4, -0.2) is 22.2 Å². The molecule has 0 aliphatic carbocycles. The van der Waals surface area contributed by atoms with Crippen LogP contribution in [0, 0.1) is 6.92 Å². The maximum atomic E-state index is 9.43. The molecule has 4 nitrogen and oxygen atoms in total. The number of hydrogen-bond acceptors (Lipinski definition) is 2. The van der Waals surface area contributed by atoms with Crippen molar-refractivity contribution in [2.75, 3.05) is 0 Å². The molecule has 0 aliphatic rings. The summed E-state index contributed by atoms with van der Waals surface area (Å²) in [7, 11) is 0. The third-order valence-electron chi connectivity index (χ3n) is 0.302. The van der Waals surface area contributed by atoms with Crippen molar-refractivity contribution in [2.45, 2.75) is 6.42 Å². The predicted octanol–water partition coefficient (Wildman–Crippen LogP) is -2.44. The largest absolute Gasteiger partial charge is 1.00 e. The molecule has 0 aromatic carbocycles. The first-order chi connectivity index (χ1) is 4.54. The van der Waals surface area contributed by atoms with E-state index in [2.05, 4.69) is 13.5 Å². The van der Waals surface area contributed by atoms with Gasteiger partial charge in [-0.1, -0.05) is 0 Å². The fourth-order valence-electron chi connectivity index (χ4n) is 0.129. The van der Waals surface area contributed by atoms with Crippen LogP contribution in [0.4, 0.5) is 0 Å². The molecule has 0 heterocycles. The molecule has 0 spiro atoms. The Bertz CT molecular complexity index is 121. The van der Waals surface area contributed by atoms with E-state index in [1.54, 1.807) is 0 Å². The molecule has 2 N–H and O–H groups in total. The number of carbonyl (C=O) groups is 2. The molecule has 11 heavy (non-hydrogen) atoms. The molecule has 0 amide bonds. The zero-order valence-corrected chi connectivity index (χ0v) is 9.53. The van der Waals surface area contributed by atoms with E-state index in [9.17, 15) is 9.59 Å². The molecule has 0 aliphatic heterocycles. The Labute approximate surface area is 108 Å². The van der Waals surface area contributed by atoms with Gasteiger partial charge >= 0.3 is 63.3 Å². The van der Waals surface area contributed by atoms with Crippen LogP contribution in [0.1, 0.15) is 6.42 Å². The second-order valence-electron chi connectivity index (χ2n) is 1.25. The van der Waals surface area contributed by atoms with E-state index in [1.807, 2.05) is 0 Å². The van der Waals surface area contributed by atoms with Crippen LogP contribution >= 0.6 is 0 Å². The summed E-state index contributed by atoms with van der Waals surface area (Å²) < 4.78 is 0. The molecule has 0 atom stereocenters. The van der Waals surface area contributed by atoms with Crippen molar-refractivity contribution in [1.29, 1.82) is 0 Å². The Hall–Kier alpha value is 0.186. The third-order valence-corrected chi connectivity index (χ3v) is 0.302. The smallest absolute Gasteiger partial charge is 0.481 e. The number of carboxylic acids is 2. The van der Waals surface area contributed by atoms with E-state index < -0.39 is 18.4 Å². The predicted molar refractivity (Wildman–Crippen MR) is 35.4 cm³/mol. The molecule has 0 unspecified atom stereocenters. The molecular formula is C6H9KO4. The van der Waals surface area contributed by atoms with E-state index in [4.69, 9.17) is 10.2 Å². The van der Waals surface area contributed by atoms with Gasteiger partial charge in [0.2, 0.25) is 0 Å². The summed E-state index contributed by atoms with van der Waals surface area (Å²) in [6.07, 6.45) is 0.694. The number of allylic oxidation sites excluding steroid dienone is 1. The summed E-state index contributed by atoms with van der Waals surface area (Å²) in [5.41, 5.74) is 0. The molecule has 58 valence electrons. The Balaban J connectivity index is -0.000000140. The molecule has 0 aromatic rings. The maximum absolute atomic E-state index is 9.43. The zero-order chi connectivity index (χ0) is 8.57. The van der Waals surface area contributed by atoms with Gasteiger partial charge < -0.3 is 10.2 Å². The number of rotatable bonds is 2. The normalized spacial score (nSPS) is 6.18. The quantitative estimate of drug-likeness (QED) is 0.284. The van der Waals surface area contributed by atoms with Crippen LogP contribution in [0.3, 0.4) is 0 Å². The van der Waals surface area contributed by atoms with Gasteiger partial charge in [-0.2, -0.15) is 0 Å². The summed E-state index contributed by atoms with van der Waals surface area (Å²) in [4.78, 5) is 18.9. The summed E-state index contributed by atoms with van der Waals surface area (Å²) in [6.45, 7) is 6.50. The minimum absolute atomic E-state index is 0. The van der Waals surface area contributed by atoms with Crippen molar-refractivity contribution in [3.8, 4) is 0 Å². The van der Waals surface area contributed by atoms with Gasteiger partial charge in [0, 0.05) is 0 Å². The summed E-state index contributed by atoms with van der Waals surface area (Å²) in [6, 6.07) is 0. The second-order valence-corrected chi connectivity index (χ2v) is 1.25. The van der Waals surface area contributed by atoms with E-state index in [0.29, 0.717) is 0 Å². The van der Waals surface area contributed by atoms with Crippen LogP contribution in [0.2, 0.25) is 0 Å². The third kappa shape index (κ3) is 39.0. The summed E-state index contributed by atoms with van der Waals surface area (Å²) >= 11 is 0. The van der Waals surface area contributed by atoms with Crippen molar-refractivity contribution in [3.05, 3.63) is 19.6 Å². The van der Waals surface area contributed by atoms with Gasteiger partial charge in [-0.3, -0.25) is 9.59 Å². The molecule has 0 radical (unpaired) electrons. The molecule has 0 bridgehead atoms. The van der Waals surface area contributed by atoms with E-state index in [0.717, 1.165) is 0 Å². The maximum Gasteiger partial charge on any atom is 1.00 e. The van der Waals surface area contributed by atoms with Crippen molar-refractivity contribution in [1.82, 2.24) is 0 Å². The Morgan fingerprint density at radius 2 is 1.55 bits per heavy atom. The van der Waals surface area contributed by atoms with Crippen molar-refractivity contribution in [2.24, 2.45) is 0 Å². The summed E-state index contributed by atoms with van der Waals surface area (Å²) in [5.74, 6) is -2.62. The Morgan fingerprint density at radius 3 is 1.55 bits per heavy atom. The Kier molecular flexibility index (Phi) is 20.2. The van der Waals surface area contributed by atoms with Gasteiger partial charge in [-0.25, -0.2) is 19.6 Å². The van der Waals surface area contributed by atoms with Crippen LogP contribution in [-0.2, 0) is 9.59 Å². The van der Waals surface area contributed by atoms with E-state index >= 15 is 0 Å². The van der Waals surface area contributed by atoms with Crippen molar-refractivity contribution >= 4 is 11.9 Å². The fourth-order valence-corrected chi connectivity index (χ4v) is 0.129. The monoisotopic (exact) mass is 184 g/mol. The van der Waals surface area contributed by atoms with E-state index in [1.165, 1.54) is 6.08 Å². The van der Waals surface area contributed by atoms with Gasteiger partial charge in [0.15, 0.2) is 0 Å². The topological polar surface area (TPSA) is 74.6 Å². The van der Waals surface area contributed by atoms with Crippen LogP contribution < -0.4 is 51.4 Å². The van der Waals surface area contributed by atoms with Crippen molar-refractivity contribution in [3.63, 3.8) is 0 Å². The van der Waals surface area contributed by atoms with Crippen LogP contribution in [0.15, 0.2) is 12.7 Å². The molecule has 0 rings (SSSR count). The molecular weight excluding hydrogens is 175 g/mol. The van der Waals surface area contributed by atoms with Gasteiger partial charge in [0.05, 0.1) is 0 Å². The van der Waals surface area contributed by atoms with Gasteiger partial charge in [-0.15, -0.1) is 0 Å². The second kappa shape index (κ2) is 12.8. The number of hydrogen-bond donors (Lipinski definition) is 2. The van der Waals surface area contributed by atoms with Crippen molar-refractivity contribution < 1.29 is 71.2 Å². The minimum Gasteiger partial charge on any atom is -0.481 e.